The van der Waals surface area contributed by atoms with Gasteiger partial charge in [0.2, 0.25) is 0 Å². The van der Waals surface area contributed by atoms with Gasteiger partial charge in [-0.05, 0) is 78.7 Å². The van der Waals surface area contributed by atoms with Crippen LogP contribution in [-0.2, 0) is 10.4 Å². The standard InChI is InChI=1S/C28H34N2O2/c1-19-8-10-21(11-9-19)29-17-26(20-6-5-7-22(14-20)31-4)16-27(32-30(26)18-29)13-12-23-25(2,3)28(23)15-24(27)28/h5-11,14,23-24H,12-13,15-18H2,1-4H3/t23-,24-,26-,27+,28-/m0/s1. The molecule has 4 nitrogen and oxygen atoms in total. The largest absolute Gasteiger partial charge is 0.497 e. The van der Waals surface area contributed by atoms with Crippen LogP contribution < -0.4 is 9.64 Å². The molecule has 168 valence electrons. The van der Waals surface area contributed by atoms with E-state index in [0.29, 0.717) is 10.8 Å². The zero-order valence-electron chi connectivity index (χ0n) is 19.7. The van der Waals surface area contributed by atoms with Gasteiger partial charge in [-0.1, -0.05) is 43.7 Å². The van der Waals surface area contributed by atoms with Gasteiger partial charge in [-0.2, -0.15) is 5.06 Å². The Morgan fingerprint density at radius 2 is 1.88 bits per heavy atom. The monoisotopic (exact) mass is 430 g/mol. The number of nitrogens with zero attached hydrogens (tertiary/aromatic N) is 2. The van der Waals surface area contributed by atoms with Gasteiger partial charge in [-0.25, -0.2) is 0 Å². The molecule has 3 saturated carbocycles. The molecule has 5 aliphatic rings. The van der Waals surface area contributed by atoms with Gasteiger partial charge in [-0.15, -0.1) is 0 Å². The number of hydrogen-bond acceptors (Lipinski definition) is 4. The summed E-state index contributed by atoms with van der Waals surface area (Å²) in [7, 11) is 1.76. The molecule has 7 rings (SSSR count). The van der Waals surface area contributed by atoms with Gasteiger partial charge >= 0.3 is 0 Å². The Morgan fingerprint density at radius 3 is 2.66 bits per heavy atom. The number of anilines is 1. The first kappa shape index (κ1) is 19.4. The molecule has 3 aliphatic carbocycles. The first-order valence-electron chi connectivity index (χ1n) is 12.3. The van der Waals surface area contributed by atoms with E-state index in [9.17, 15) is 0 Å². The fraction of sp³-hybridized carbons (Fsp3) is 0.571. The number of ether oxygens (including phenoxy) is 1. The highest BCUT2D eigenvalue weighted by Crippen LogP contribution is 2.91. The van der Waals surface area contributed by atoms with Crippen LogP contribution in [0, 0.1) is 29.6 Å². The molecular formula is C28H34N2O2. The number of fused-ring (bicyclic) bond motifs is 2. The van der Waals surface area contributed by atoms with Crippen molar-refractivity contribution in [3.05, 3.63) is 59.7 Å². The number of benzene rings is 2. The first-order chi connectivity index (χ1) is 15.3. The summed E-state index contributed by atoms with van der Waals surface area (Å²) < 4.78 is 5.63. The lowest BCUT2D eigenvalue weighted by Gasteiger charge is -2.34. The average Bonchev–Trinajstić information content (AvgIpc) is 3.54. The van der Waals surface area contributed by atoms with E-state index in [2.05, 4.69) is 79.3 Å². The molecule has 2 aromatic rings. The fourth-order valence-corrected chi connectivity index (χ4v) is 8.46. The van der Waals surface area contributed by atoms with Gasteiger partial charge in [0.25, 0.3) is 0 Å². The number of aryl methyl sites for hydroxylation is 1. The van der Waals surface area contributed by atoms with Crippen molar-refractivity contribution in [3.8, 4) is 5.75 Å². The third kappa shape index (κ3) is 2.21. The third-order valence-corrected chi connectivity index (χ3v) is 10.2. The Hall–Kier alpha value is -2.04. The molecule has 2 aromatic carbocycles. The molecule has 32 heavy (non-hydrogen) atoms. The third-order valence-electron chi connectivity index (χ3n) is 10.2. The lowest BCUT2D eigenvalue weighted by Crippen LogP contribution is -2.40. The molecule has 0 amide bonds. The molecule has 2 spiro atoms. The van der Waals surface area contributed by atoms with Crippen molar-refractivity contribution in [1.82, 2.24) is 5.06 Å². The average molecular weight is 431 g/mol. The Morgan fingerprint density at radius 1 is 1.06 bits per heavy atom. The Labute approximate surface area is 191 Å². The van der Waals surface area contributed by atoms with Crippen LogP contribution in [0.4, 0.5) is 5.69 Å². The molecule has 2 aliphatic heterocycles. The van der Waals surface area contributed by atoms with E-state index in [1.54, 1.807) is 7.11 Å². The van der Waals surface area contributed by atoms with E-state index in [-0.39, 0.29) is 11.1 Å². The predicted molar refractivity (Wildman–Crippen MR) is 125 cm³/mol. The van der Waals surface area contributed by atoms with Gasteiger partial charge in [0.05, 0.1) is 24.9 Å². The van der Waals surface area contributed by atoms with Gasteiger partial charge in [-0.3, -0.25) is 4.84 Å². The molecule has 0 aromatic heterocycles. The van der Waals surface area contributed by atoms with Gasteiger partial charge in [0.1, 0.15) is 5.75 Å². The van der Waals surface area contributed by atoms with Crippen LogP contribution >= 0.6 is 0 Å². The van der Waals surface area contributed by atoms with Crippen molar-refractivity contribution in [1.29, 1.82) is 0 Å². The number of rotatable bonds is 3. The van der Waals surface area contributed by atoms with Crippen molar-refractivity contribution in [2.75, 3.05) is 25.2 Å². The van der Waals surface area contributed by atoms with E-state index >= 15 is 0 Å². The summed E-state index contributed by atoms with van der Waals surface area (Å²) in [6.07, 6.45) is 4.99. The van der Waals surface area contributed by atoms with Gasteiger partial charge in [0, 0.05) is 18.7 Å². The van der Waals surface area contributed by atoms with Gasteiger partial charge in [0.15, 0.2) is 0 Å². The van der Waals surface area contributed by atoms with Crippen LogP contribution in [0.5, 0.6) is 5.75 Å². The summed E-state index contributed by atoms with van der Waals surface area (Å²) in [4.78, 5) is 9.60. The summed E-state index contributed by atoms with van der Waals surface area (Å²) in [5.41, 5.74) is 4.86. The van der Waals surface area contributed by atoms with Crippen LogP contribution in [0.2, 0.25) is 0 Å². The SMILES string of the molecule is COc1cccc([C@]23CN(c4ccc(C)cc4)CN2O[C@]2(CC[C@H]4C(C)(C)[C@@]45C[C@@H]25)C3)c1. The molecule has 4 heteroatoms. The van der Waals surface area contributed by atoms with Crippen molar-refractivity contribution >= 4 is 5.69 Å². The maximum absolute atomic E-state index is 7.11. The molecule has 5 atom stereocenters. The maximum atomic E-state index is 7.11. The number of methoxy groups -OCH3 is 1. The Bertz CT molecular complexity index is 1100. The second-order valence-corrected chi connectivity index (χ2v) is 11.8. The fourth-order valence-electron chi connectivity index (χ4n) is 8.46. The zero-order valence-corrected chi connectivity index (χ0v) is 19.7. The Kier molecular flexibility index (Phi) is 3.58. The van der Waals surface area contributed by atoms with E-state index in [4.69, 9.17) is 9.57 Å². The molecule has 2 saturated heterocycles. The second kappa shape index (κ2) is 5.90. The van der Waals surface area contributed by atoms with Crippen molar-refractivity contribution in [2.45, 2.75) is 57.6 Å². The lowest BCUT2D eigenvalue weighted by atomic mass is 9.74. The molecule has 0 bridgehead atoms. The van der Waals surface area contributed by atoms with Crippen LogP contribution in [0.1, 0.15) is 50.7 Å². The maximum Gasteiger partial charge on any atom is 0.119 e. The smallest absolute Gasteiger partial charge is 0.119 e. The normalized spacial score (nSPS) is 40.7. The highest BCUT2D eigenvalue weighted by Gasteiger charge is 2.89. The minimum absolute atomic E-state index is 0.00666. The molecular weight excluding hydrogens is 396 g/mol. The van der Waals surface area contributed by atoms with Crippen molar-refractivity contribution in [2.24, 2.45) is 22.7 Å². The van der Waals surface area contributed by atoms with E-state index in [1.165, 1.54) is 36.1 Å². The summed E-state index contributed by atoms with van der Waals surface area (Å²) in [6, 6.07) is 17.6. The highest BCUT2D eigenvalue weighted by molar-refractivity contribution is 5.51. The number of hydroxylamine groups is 2. The van der Waals surface area contributed by atoms with Crippen LogP contribution in [-0.4, -0.2) is 31.0 Å². The predicted octanol–water partition coefficient (Wildman–Crippen LogP) is 5.51. The Balaban J connectivity index is 1.28. The molecule has 0 radical (unpaired) electrons. The van der Waals surface area contributed by atoms with Crippen LogP contribution in [0.15, 0.2) is 48.5 Å². The summed E-state index contributed by atoms with van der Waals surface area (Å²) in [5.74, 6) is 2.58. The lowest BCUT2D eigenvalue weighted by molar-refractivity contribution is -0.223. The van der Waals surface area contributed by atoms with E-state index in [0.717, 1.165) is 37.2 Å². The van der Waals surface area contributed by atoms with E-state index in [1.807, 2.05) is 0 Å². The molecule has 5 fully saturated rings. The highest BCUT2D eigenvalue weighted by atomic mass is 16.7. The summed E-state index contributed by atoms with van der Waals surface area (Å²) >= 11 is 0. The molecule has 2 heterocycles. The first-order valence-corrected chi connectivity index (χ1v) is 12.3. The van der Waals surface area contributed by atoms with Crippen LogP contribution in [0.25, 0.3) is 0 Å². The van der Waals surface area contributed by atoms with E-state index < -0.39 is 0 Å². The molecule has 0 unspecified atom stereocenters. The quantitative estimate of drug-likeness (QED) is 0.641. The number of hydrogen-bond donors (Lipinski definition) is 0. The summed E-state index contributed by atoms with van der Waals surface area (Å²) in [5, 5.41) is 2.35. The minimum Gasteiger partial charge on any atom is -0.497 e. The van der Waals surface area contributed by atoms with Crippen molar-refractivity contribution < 1.29 is 9.57 Å². The summed E-state index contributed by atoms with van der Waals surface area (Å²) in [6.45, 7) is 8.93. The zero-order chi connectivity index (χ0) is 21.9. The van der Waals surface area contributed by atoms with Crippen LogP contribution in [0.3, 0.4) is 0 Å². The van der Waals surface area contributed by atoms with Crippen molar-refractivity contribution in [3.63, 3.8) is 0 Å². The van der Waals surface area contributed by atoms with Gasteiger partial charge < -0.3 is 9.64 Å². The second-order valence-electron chi connectivity index (χ2n) is 11.8. The molecule has 0 N–H and O–H groups in total. The minimum atomic E-state index is -0.130. The topological polar surface area (TPSA) is 24.9 Å².